The third-order valence-electron chi connectivity index (χ3n) is 6.66. The lowest BCUT2D eigenvalue weighted by Crippen LogP contribution is -2.56. The van der Waals surface area contributed by atoms with Crippen molar-refractivity contribution in [2.24, 2.45) is 5.92 Å². The van der Waals surface area contributed by atoms with Crippen LogP contribution in [-0.2, 0) is 19.7 Å². The Balaban J connectivity index is 1.76. The monoisotopic (exact) mass is 482 g/mol. The molecule has 0 saturated carbocycles. The highest BCUT2D eigenvalue weighted by atomic mass is 16.5. The number of carbonyl (C=O) groups excluding carboxylic acids is 3. The third kappa shape index (κ3) is 5.58. The maximum absolute atomic E-state index is 13.5. The first-order chi connectivity index (χ1) is 16.7. The number of hydrogen-bond donors (Lipinski definition) is 1. The lowest BCUT2D eigenvalue weighted by Gasteiger charge is -2.41. The number of esters is 1. The van der Waals surface area contributed by atoms with Gasteiger partial charge < -0.3 is 24.4 Å². The molecule has 2 aromatic rings. The predicted molar refractivity (Wildman–Crippen MR) is 132 cm³/mol. The first-order valence-corrected chi connectivity index (χ1v) is 11.7. The number of nitrogens with zero attached hydrogens (tertiary/aromatic N) is 1. The molecule has 2 aromatic carbocycles. The summed E-state index contributed by atoms with van der Waals surface area (Å²) < 4.78 is 15.7. The van der Waals surface area contributed by atoms with Crippen molar-refractivity contribution in [3.05, 3.63) is 59.7 Å². The maximum atomic E-state index is 13.5. The van der Waals surface area contributed by atoms with Crippen molar-refractivity contribution in [1.29, 1.82) is 0 Å². The summed E-state index contributed by atoms with van der Waals surface area (Å²) in [5, 5.41) is 2.89. The van der Waals surface area contributed by atoms with Gasteiger partial charge >= 0.3 is 5.97 Å². The fraction of sp³-hybridized carbons (Fsp3) is 0.444. The quantitative estimate of drug-likeness (QED) is 0.581. The molecule has 1 heterocycles. The smallest absolute Gasteiger partial charge is 0.316 e. The summed E-state index contributed by atoms with van der Waals surface area (Å²) in [6, 6.07) is 13.7. The van der Waals surface area contributed by atoms with E-state index in [9.17, 15) is 14.4 Å². The Morgan fingerprint density at radius 1 is 0.914 bits per heavy atom. The molecule has 35 heavy (non-hydrogen) atoms. The summed E-state index contributed by atoms with van der Waals surface area (Å²) in [7, 11) is 4.41. The van der Waals surface area contributed by atoms with Crippen LogP contribution in [0, 0.1) is 5.92 Å². The molecule has 0 bridgehead atoms. The second kappa shape index (κ2) is 11.3. The molecule has 0 spiro atoms. The number of rotatable bonds is 8. The molecule has 1 aliphatic rings. The normalized spacial score (nSPS) is 15.8. The van der Waals surface area contributed by atoms with E-state index in [2.05, 4.69) is 5.32 Å². The van der Waals surface area contributed by atoms with Gasteiger partial charge in [-0.1, -0.05) is 44.2 Å². The Morgan fingerprint density at radius 3 is 1.97 bits per heavy atom. The Hall–Kier alpha value is -3.55. The minimum absolute atomic E-state index is 0.139. The predicted octanol–water partition coefficient (Wildman–Crippen LogP) is 3.19. The average molecular weight is 483 g/mol. The Kier molecular flexibility index (Phi) is 8.38. The van der Waals surface area contributed by atoms with Crippen molar-refractivity contribution in [3.8, 4) is 11.5 Å². The number of ether oxygens (including phenoxy) is 3. The van der Waals surface area contributed by atoms with Gasteiger partial charge in [-0.2, -0.15) is 0 Å². The van der Waals surface area contributed by atoms with Crippen LogP contribution in [0.15, 0.2) is 48.5 Å². The highest BCUT2D eigenvalue weighted by Crippen LogP contribution is 2.37. The number of nitrogens with one attached hydrogen (secondary N) is 1. The number of carbonyl (C=O) groups is 3. The molecule has 1 unspecified atom stereocenters. The van der Waals surface area contributed by atoms with Crippen LogP contribution >= 0.6 is 0 Å². The van der Waals surface area contributed by atoms with Crippen LogP contribution in [0.25, 0.3) is 0 Å². The Labute approximate surface area is 206 Å². The molecule has 2 amide bonds. The molecule has 0 aliphatic carbocycles. The maximum Gasteiger partial charge on any atom is 0.316 e. The average Bonchev–Trinajstić information content (AvgIpc) is 2.90. The second-order valence-corrected chi connectivity index (χ2v) is 9.06. The molecule has 1 aliphatic heterocycles. The van der Waals surface area contributed by atoms with Crippen LogP contribution in [0.5, 0.6) is 11.5 Å². The van der Waals surface area contributed by atoms with E-state index in [0.717, 1.165) is 5.56 Å². The zero-order valence-corrected chi connectivity index (χ0v) is 21.0. The number of piperidine rings is 1. The molecule has 1 N–H and O–H groups in total. The summed E-state index contributed by atoms with van der Waals surface area (Å²) >= 11 is 0. The van der Waals surface area contributed by atoms with Crippen LogP contribution in [0.2, 0.25) is 0 Å². The van der Waals surface area contributed by atoms with Gasteiger partial charge in [-0.15, -0.1) is 0 Å². The molecule has 1 fully saturated rings. The largest absolute Gasteiger partial charge is 0.497 e. The van der Waals surface area contributed by atoms with Gasteiger partial charge in [-0.25, -0.2) is 0 Å². The van der Waals surface area contributed by atoms with E-state index in [4.69, 9.17) is 14.2 Å². The SMILES string of the molecule is COC(=O)C1(c2ccccc2)CCN(C(=O)C(NC(=O)c2cc(OC)cc(OC)c2)C(C)C)CC1. The van der Waals surface area contributed by atoms with Gasteiger partial charge in [0.25, 0.3) is 5.91 Å². The van der Waals surface area contributed by atoms with Gasteiger partial charge in [-0.3, -0.25) is 14.4 Å². The standard InChI is InChI=1S/C27H34N2O6/c1-18(2)23(28-24(30)19-15-21(33-3)17-22(16-19)34-4)25(31)29-13-11-27(12-14-29,26(32)35-5)20-9-7-6-8-10-20/h6-10,15-18,23H,11-14H2,1-5H3,(H,28,30). The number of benzene rings is 2. The van der Waals surface area contributed by atoms with Crippen molar-refractivity contribution < 1.29 is 28.6 Å². The fourth-order valence-corrected chi connectivity index (χ4v) is 4.55. The topological polar surface area (TPSA) is 94.2 Å². The van der Waals surface area contributed by atoms with E-state index >= 15 is 0 Å². The Bertz CT molecular complexity index is 1020. The third-order valence-corrected chi connectivity index (χ3v) is 6.66. The van der Waals surface area contributed by atoms with Crippen molar-refractivity contribution >= 4 is 17.8 Å². The van der Waals surface area contributed by atoms with Crippen molar-refractivity contribution in [3.63, 3.8) is 0 Å². The van der Waals surface area contributed by atoms with Gasteiger partial charge in [-0.05, 0) is 36.5 Å². The molecule has 3 rings (SSSR count). The zero-order chi connectivity index (χ0) is 25.6. The Morgan fingerprint density at radius 2 is 1.49 bits per heavy atom. The number of hydrogen-bond acceptors (Lipinski definition) is 6. The number of likely N-dealkylation sites (tertiary alicyclic amines) is 1. The molecule has 0 radical (unpaired) electrons. The van der Waals surface area contributed by atoms with E-state index in [1.54, 1.807) is 23.1 Å². The molecular weight excluding hydrogens is 448 g/mol. The van der Waals surface area contributed by atoms with E-state index in [1.165, 1.54) is 21.3 Å². The van der Waals surface area contributed by atoms with E-state index in [0.29, 0.717) is 43.0 Å². The summed E-state index contributed by atoms with van der Waals surface area (Å²) in [6.45, 7) is 4.55. The molecule has 8 nitrogen and oxygen atoms in total. The second-order valence-electron chi connectivity index (χ2n) is 9.06. The van der Waals surface area contributed by atoms with Crippen molar-refractivity contribution in [1.82, 2.24) is 10.2 Å². The summed E-state index contributed by atoms with van der Waals surface area (Å²) in [4.78, 5) is 41.1. The van der Waals surface area contributed by atoms with Gasteiger partial charge in [0, 0.05) is 24.7 Å². The van der Waals surface area contributed by atoms with Crippen LogP contribution in [0.1, 0.15) is 42.6 Å². The van der Waals surface area contributed by atoms with Crippen molar-refractivity contribution in [2.75, 3.05) is 34.4 Å². The van der Waals surface area contributed by atoms with Crippen LogP contribution in [0.3, 0.4) is 0 Å². The molecule has 188 valence electrons. The molecular formula is C27H34N2O6. The molecule has 1 saturated heterocycles. The minimum Gasteiger partial charge on any atom is -0.497 e. The van der Waals surface area contributed by atoms with E-state index < -0.39 is 11.5 Å². The lowest BCUT2D eigenvalue weighted by molar-refractivity contribution is -0.152. The van der Waals surface area contributed by atoms with Gasteiger partial charge in [0.1, 0.15) is 17.5 Å². The number of amides is 2. The minimum atomic E-state index is -0.791. The highest BCUT2D eigenvalue weighted by Gasteiger charge is 2.45. The lowest BCUT2D eigenvalue weighted by atomic mass is 9.72. The zero-order valence-electron chi connectivity index (χ0n) is 21.0. The molecule has 1 atom stereocenters. The van der Waals surface area contributed by atoms with Crippen LogP contribution in [-0.4, -0.2) is 63.1 Å². The number of methoxy groups -OCH3 is 3. The van der Waals surface area contributed by atoms with Crippen LogP contribution < -0.4 is 14.8 Å². The van der Waals surface area contributed by atoms with Gasteiger partial charge in [0.15, 0.2) is 0 Å². The highest BCUT2D eigenvalue weighted by molar-refractivity contribution is 5.98. The molecule has 0 aromatic heterocycles. The molecule has 8 heteroatoms. The van der Waals surface area contributed by atoms with Crippen LogP contribution in [0.4, 0.5) is 0 Å². The van der Waals surface area contributed by atoms with E-state index in [1.807, 2.05) is 44.2 Å². The fourth-order valence-electron chi connectivity index (χ4n) is 4.55. The summed E-state index contributed by atoms with van der Waals surface area (Å²) in [6.07, 6.45) is 0.891. The summed E-state index contributed by atoms with van der Waals surface area (Å²) in [5.41, 5.74) is 0.437. The first-order valence-electron chi connectivity index (χ1n) is 11.7. The summed E-state index contributed by atoms with van der Waals surface area (Å²) in [5.74, 6) is -0.0259. The first kappa shape index (κ1) is 26.1. The van der Waals surface area contributed by atoms with Crippen molar-refractivity contribution in [2.45, 2.75) is 38.1 Å². The van der Waals surface area contributed by atoms with Gasteiger partial charge in [0.2, 0.25) is 5.91 Å². The van der Waals surface area contributed by atoms with Gasteiger partial charge in [0.05, 0.1) is 26.7 Å². The van der Waals surface area contributed by atoms with E-state index in [-0.39, 0.29) is 23.7 Å².